The standard InChI is InChI=1S/C14H24N4O/c1-3-10-18(11-12-6-5-8-15-12)14-16-9-7-13(17-14)19-4-2/h7,9,12,15H,3-6,8,10-11H2,1-2H3. The molecule has 0 aliphatic carbocycles. The third kappa shape index (κ3) is 4.06. The first-order chi connectivity index (χ1) is 9.33. The molecule has 0 radical (unpaired) electrons. The average molecular weight is 264 g/mol. The third-order valence-electron chi connectivity index (χ3n) is 3.29. The Balaban J connectivity index is 2.05. The van der Waals surface area contributed by atoms with Crippen LogP contribution in [0.5, 0.6) is 5.88 Å². The lowest BCUT2D eigenvalue weighted by molar-refractivity contribution is 0.326. The summed E-state index contributed by atoms with van der Waals surface area (Å²) in [5, 5.41) is 3.53. The van der Waals surface area contributed by atoms with Gasteiger partial charge in [0.05, 0.1) is 6.61 Å². The van der Waals surface area contributed by atoms with Crippen LogP contribution in [-0.4, -0.2) is 42.3 Å². The van der Waals surface area contributed by atoms with Gasteiger partial charge < -0.3 is 15.0 Å². The van der Waals surface area contributed by atoms with E-state index in [0.29, 0.717) is 18.5 Å². The highest BCUT2D eigenvalue weighted by Gasteiger charge is 2.19. The van der Waals surface area contributed by atoms with E-state index >= 15 is 0 Å². The van der Waals surface area contributed by atoms with E-state index in [4.69, 9.17) is 4.74 Å². The van der Waals surface area contributed by atoms with Crippen LogP contribution in [0.4, 0.5) is 5.95 Å². The van der Waals surface area contributed by atoms with Crippen LogP contribution in [0.3, 0.4) is 0 Å². The van der Waals surface area contributed by atoms with E-state index in [9.17, 15) is 0 Å². The highest BCUT2D eigenvalue weighted by atomic mass is 16.5. The maximum Gasteiger partial charge on any atom is 0.228 e. The highest BCUT2D eigenvalue weighted by molar-refractivity contribution is 5.32. The van der Waals surface area contributed by atoms with E-state index in [1.54, 1.807) is 6.20 Å². The van der Waals surface area contributed by atoms with Gasteiger partial charge in [0, 0.05) is 31.4 Å². The summed E-state index contributed by atoms with van der Waals surface area (Å²) in [6.45, 7) is 7.87. The van der Waals surface area contributed by atoms with E-state index in [1.807, 2.05) is 13.0 Å². The molecule has 5 heteroatoms. The monoisotopic (exact) mass is 264 g/mol. The molecule has 0 spiro atoms. The van der Waals surface area contributed by atoms with Gasteiger partial charge in [0.1, 0.15) is 0 Å². The predicted octanol–water partition coefficient (Wildman–Crippen LogP) is 1.84. The molecule has 1 atom stereocenters. The van der Waals surface area contributed by atoms with Gasteiger partial charge >= 0.3 is 0 Å². The normalized spacial score (nSPS) is 18.5. The Hall–Kier alpha value is -1.36. The fraction of sp³-hybridized carbons (Fsp3) is 0.714. The fourth-order valence-corrected chi connectivity index (χ4v) is 2.43. The van der Waals surface area contributed by atoms with Gasteiger partial charge in [0.15, 0.2) is 0 Å². The minimum atomic E-state index is 0.561. The van der Waals surface area contributed by atoms with Crippen LogP contribution in [0.2, 0.25) is 0 Å². The molecule has 1 saturated heterocycles. The Morgan fingerprint density at radius 3 is 3.05 bits per heavy atom. The number of aromatic nitrogens is 2. The van der Waals surface area contributed by atoms with Crippen molar-refractivity contribution in [2.24, 2.45) is 0 Å². The Morgan fingerprint density at radius 1 is 1.47 bits per heavy atom. The molecule has 0 saturated carbocycles. The van der Waals surface area contributed by atoms with E-state index in [-0.39, 0.29) is 0 Å². The summed E-state index contributed by atoms with van der Waals surface area (Å²) in [4.78, 5) is 11.1. The molecule has 2 heterocycles. The van der Waals surface area contributed by atoms with Crippen molar-refractivity contribution in [2.45, 2.75) is 39.2 Å². The Labute approximate surface area is 115 Å². The van der Waals surface area contributed by atoms with Crippen LogP contribution in [0, 0.1) is 0 Å². The van der Waals surface area contributed by atoms with Crippen molar-refractivity contribution in [1.82, 2.24) is 15.3 Å². The molecule has 0 aromatic carbocycles. The molecule has 1 unspecified atom stereocenters. The molecule has 0 amide bonds. The van der Waals surface area contributed by atoms with Gasteiger partial charge in [-0.15, -0.1) is 0 Å². The van der Waals surface area contributed by atoms with Crippen LogP contribution in [0.15, 0.2) is 12.3 Å². The van der Waals surface area contributed by atoms with Crippen molar-refractivity contribution in [2.75, 3.05) is 31.1 Å². The summed E-state index contributed by atoms with van der Waals surface area (Å²) in [5.41, 5.74) is 0. The summed E-state index contributed by atoms with van der Waals surface area (Å²) < 4.78 is 5.45. The molecule has 1 aromatic rings. The molecule has 5 nitrogen and oxygen atoms in total. The number of rotatable bonds is 7. The average Bonchev–Trinajstić information content (AvgIpc) is 2.92. The summed E-state index contributed by atoms with van der Waals surface area (Å²) in [5.74, 6) is 1.44. The fourth-order valence-electron chi connectivity index (χ4n) is 2.43. The van der Waals surface area contributed by atoms with Crippen LogP contribution < -0.4 is 15.0 Å². The van der Waals surface area contributed by atoms with E-state index in [1.165, 1.54) is 12.8 Å². The lowest BCUT2D eigenvalue weighted by atomic mass is 10.2. The van der Waals surface area contributed by atoms with Crippen molar-refractivity contribution in [3.8, 4) is 5.88 Å². The van der Waals surface area contributed by atoms with Gasteiger partial charge in [-0.25, -0.2) is 4.98 Å². The zero-order valence-corrected chi connectivity index (χ0v) is 11.9. The van der Waals surface area contributed by atoms with Crippen LogP contribution >= 0.6 is 0 Å². The third-order valence-corrected chi connectivity index (χ3v) is 3.29. The van der Waals surface area contributed by atoms with E-state index in [0.717, 1.165) is 32.0 Å². The van der Waals surface area contributed by atoms with E-state index in [2.05, 4.69) is 27.1 Å². The number of nitrogens with one attached hydrogen (secondary N) is 1. The molecule has 1 aliphatic heterocycles. The number of anilines is 1. The maximum absolute atomic E-state index is 5.45. The summed E-state index contributed by atoms with van der Waals surface area (Å²) in [6.07, 6.45) is 5.38. The second-order valence-corrected chi connectivity index (χ2v) is 4.87. The quantitative estimate of drug-likeness (QED) is 0.814. The summed E-state index contributed by atoms with van der Waals surface area (Å²) >= 11 is 0. The van der Waals surface area contributed by atoms with Crippen molar-refractivity contribution < 1.29 is 4.74 Å². The predicted molar refractivity (Wildman–Crippen MR) is 76.7 cm³/mol. The van der Waals surface area contributed by atoms with Gasteiger partial charge in [-0.3, -0.25) is 0 Å². The molecular weight excluding hydrogens is 240 g/mol. The molecule has 1 N–H and O–H groups in total. The largest absolute Gasteiger partial charge is 0.478 e. The van der Waals surface area contributed by atoms with Gasteiger partial charge in [-0.2, -0.15) is 4.98 Å². The van der Waals surface area contributed by atoms with Crippen molar-refractivity contribution in [3.05, 3.63) is 12.3 Å². The minimum Gasteiger partial charge on any atom is -0.478 e. The van der Waals surface area contributed by atoms with Crippen molar-refractivity contribution in [3.63, 3.8) is 0 Å². The topological polar surface area (TPSA) is 50.3 Å². The smallest absolute Gasteiger partial charge is 0.228 e. The van der Waals surface area contributed by atoms with Gasteiger partial charge in [0.25, 0.3) is 0 Å². The summed E-state index contributed by atoms with van der Waals surface area (Å²) in [6, 6.07) is 2.37. The zero-order valence-electron chi connectivity index (χ0n) is 11.9. The molecule has 1 fully saturated rings. The number of ether oxygens (including phenoxy) is 1. The number of hydrogen-bond acceptors (Lipinski definition) is 5. The van der Waals surface area contributed by atoms with Crippen LogP contribution in [0.25, 0.3) is 0 Å². The number of nitrogens with zero attached hydrogens (tertiary/aromatic N) is 3. The molecule has 1 aromatic heterocycles. The Kier molecular flexibility index (Phi) is 5.39. The molecule has 106 valence electrons. The molecule has 0 bridgehead atoms. The van der Waals surface area contributed by atoms with Gasteiger partial charge in [-0.1, -0.05) is 6.92 Å². The zero-order chi connectivity index (χ0) is 13.5. The summed E-state index contributed by atoms with van der Waals surface area (Å²) in [7, 11) is 0. The van der Waals surface area contributed by atoms with Gasteiger partial charge in [-0.05, 0) is 32.7 Å². The second kappa shape index (κ2) is 7.28. The Morgan fingerprint density at radius 2 is 2.37 bits per heavy atom. The van der Waals surface area contributed by atoms with Crippen LogP contribution in [-0.2, 0) is 0 Å². The van der Waals surface area contributed by atoms with Crippen molar-refractivity contribution >= 4 is 5.95 Å². The van der Waals surface area contributed by atoms with E-state index < -0.39 is 0 Å². The number of hydrogen-bond donors (Lipinski definition) is 1. The first kappa shape index (κ1) is 14.1. The first-order valence-electron chi connectivity index (χ1n) is 7.27. The van der Waals surface area contributed by atoms with Gasteiger partial charge in [0.2, 0.25) is 11.8 Å². The highest BCUT2D eigenvalue weighted by Crippen LogP contribution is 2.15. The second-order valence-electron chi connectivity index (χ2n) is 4.87. The lowest BCUT2D eigenvalue weighted by Gasteiger charge is -2.25. The van der Waals surface area contributed by atoms with Crippen molar-refractivity contribution in [1.29, 1.82) is 0 Å². The Bertz CT molecular complexity index is 379. The molecular formula is C14H24N4O. The molecule has 2 rings (SSSR count). The maximum atomic E-state index is 5.45. The molecule has 19 heavy (non-hydrogen) atoms. The minimum absolute atomic E-state index is 0.561. The SMILES string of the molecule is CCCN(CC1CCCN1)c1nccc(OCC)n1. The van der Waals surface area contributed by atoms with Crippen LogP contribution in [0.1, 0.15) is 33.1 Å². The lowest BCUT2D eigenvalue weighted by Crippen LogP contribution is -2.38. The molecule has 1 aliphatic rings. The first-order valence-corrected chi connectivity index (χ1v) is 7.27.